The summed E-state index contributed by atoms with van der Waals surface area (Å²) in [6, 6.07) is 2.35. The van der Waals surface area contributed by atoms with Crippen LogP contribution in [-0.4, -0.2) is 67.8 Å². The van der Waals surface area contributed by atoms with E-state index in [9.17, 15) is 14.0 Å². The van der Waals surface area contributed by atoms with Crippen LogP contribution in [-0.2, 0) is 11.3 Å². The van der Waals surface area contributed by atoms with Crippen molar-refractivity contribution in [3.8, 4) is 0 Å². The molecule has 40 heavy (non-hydrogen) atoms. The molecular formula is C28H33F2N7O3. The Balaban J connectivity index is 1.45. The minimum atomic E-state index is -0.745. The molecule has 1 aliphatic rings. The molecule has 1 fully saturated rings. The molecule has 1 saturated heterocycles. The first kappa shape index (κ1) is 27.4. The summed E-state index contributed by atoms with van der Waals surface area (Å²) in [7, 11) is 1.70. The van der Waals surface area contributed by atoms with Gasteiger partial charge in [0.1, 0.15) is 22.5 Å². The van der Waals surface area contributed by atoms with Gasteiger partial charge in [-0.05, 0) is 47.1 Å². The van der Waals surface area contributed by atoms with Crippen LogP contribution in [0.5, 0.6) is 0 Å². The summed E-state index contributed by atoms with van der Waals surface area (Å²) in [6.45, 7) is 10.6. The Morgan fingerprint density at radius 3 is 2.62 bits per heavy atom. The number of rotatable bonds is 5. The third-order valence-electron chi connectivity index (χ3n) is 6.95. The van der Waals surface area contributed by atoms with Gasteiger partial charge < -0.3 is 24.3 Å². The molecule has 1 aliphatic heterocycles. The van der Waals surface area contributed by atoms with Gasteiger partial charge in [-0.15, -0.1) is 0 Å². The predicted octanol–water partition coefficient (Wildman–Crippen LogP) is 4.99. The lowest BCUT2D eigenvalue weighted by Crippen LogP contribution is -2.42. The van der Waals surface area contributed by atoms with E-state index in [-0.39, 0.29) is 28.5 Å². The third kappa shape index (κ3) is 5.17. The van der Waals surface area contributed by atoms with Crippen LogP contribution in [0.3, 0.4) is 0 Å². The molecule has 2 amide bonds. The Morgan fingerprint density at radius 1 is 1.18 bits per heavy atom. The Kier molecular flexibility index (Phi) is 6.89. The highest BCUT2D eigenvalue weighted by molar-refractivity contribution is 6.14. The average molecular weight is 554 g/mol. The maximum absolute atomic E-state index is 15.7. The van der Waals surface area contributed by atoms with Gasteiger partial charge in [-0.1, -0.05) is 0 Å². The van der Waals surface area contributed by atoms with Gasteiger partial charge in [-0.25, -0.2) is 18.6 Å². The van der Waals surface area contributed by atoms with E-state index in [4.69, 9.17) is 4.74 Å². The van der Waals surface area contributed by atoms with Crippen molar-refractivity contribution in [2.75, 3.05) is 30.4 Å². The summed E-state index contributed by atoms with van der Waals surface area (Å²) in [4.78, 5) is 33.6. The first-order valence-electron chi connectivity index (χ1n) is 13.2. The summed E-state index contributed by atoms with van der Waals surface area (Å²) in [6.07, 6.45) is 5.20. The SMILES string of the molecule is CCn1cc2c(N3CC[C@H](N(C)C(=O)OC(C)(C)C)C3)cc(F)c(C(=O)Nc3cc(F)c4nc(C)cn4c3)c2n1. The number of ether oxygens (including phenoxy) is 1. The van der Waals surface area contributed by atoms with Crippen molar-refractivity contribution in [1.82, 2.24) is 24.1 Å². The summed E-state index contributed by atoms with van der Waals surface area (Å²) >= 11 is 0. The summed E-state index contributed by atoms with van der Waals surface area (Å²) in [5.74, 6) is -2.10. The van der Waals surface area contributed by atoms with E-state index >= 15 is 4.39 Å². The van der Waals surface area contributed by atoms with E-state index < -0.39 is 29.2 Å². The molecule has 3 aromatic heterocycles. The van der Waals surface area contributed by atoms with Crippen molar-refractivity contribution in [1.29, 1.82) is 0 Å². The fourth-order valence-corrected chi connectivity index (χ4v) is 5.02. The lowest BCUT2D eigenvalue weighted by Gasteiger charge is -2.29. The topological polar surface area (TPSA) is 97.0 Å². The van der Waals surface area contributed by atoms with Gasteiger partial charge in [0.05, 0.1) is 23.1 Å². The molecule has 212 valence electrons. The average Bonchev–Trinajstić information content (AvgIpc) is 3.59. The molecule has 5 rings (SSSR count). The number of nitrogens with zero attached hydrogens (tertiary/aromatic N) is 6. The minimum absolute atomic E-state index is 0.131. The van der Waals surface area contributed by atoms with Gasteiger partial charge in [0, 0.05) is 56.7 Å². The van der Waals surface area contributed by atoms with Gasteiger partial charge in [0.2, 0.25) is 0 Å². The zero-order valence-electron chi connectivity index (χ0n) is 23.5. The number of nitrogens with one attached hydrogen (secondary N) is 1. The summed E-state index contributed by atoms with van der Waals surface area (Å²) < 4.78 is 38.9. The molecule has 0 bridgehead atoms. The van der Waals surface area contributed by atoms with E-state index in [1.54, 1.807) is 35.9 Å². The van der Waals surface area contributed by atoms with E-state index in [1.807, 2.05) is 32.6 Å². The van der Waals surface area contributed by atoms with Crippen molar-refractivity contribution < 1.29 is 23.1 Å². The van der Waals surface area contributed by atoms with Crippen LogP contribution in [0.25, 0.3) is 16.6 Å². The number of benzene rings is 1. The third-order valence-corrected chi connectivity index (χ3v) is 6.95. The number of carbonyl (C=O) groups excluding carboxylic acids is 2. The Labute approximate surface area is 230 Å². The number of amides is 2. The van der Waals surface area contributed by atoms with E-state index in [1.165, 1.54) is 16.7 Å². The van der Waals surface area contributed by atoms with Crippen molar-refractivity contribution in [2.45, 2.75) is 59.2 Å². The molecule has 12 heteroatoms. The zero-order chi connectivity index (χ0) is 28.9. The van der Waals surface area contributed by atoms with Crippen molar-refractivity contribution in [3.05, 3.63) is 53.6 Å². The van der Waals surface area contributed by atoms with E-state index in [0.29, 0.717) is 42.8 Å². The second-order valence-corrected chi connectivity index (χ2v) is 11.1. The molecule has 0 radical (unpaired) electrons. The molecule has 0 unspecified atom stereocenters. The Hall–Kier alpha value is -4.22. The van der Waals surface area contributed by atoms with Crippen molar-refractivity contribution in [3.63, 3.8) is 0 Å². The number of halogens is 2. The fourth-order valence-electron chi connectivity index (χ4n) is 5.02. The smallest absolute Gasteiger partial charge is 0.410 e. The first-order valence-corrected chi connectivity index (χ1v) is 13.2. The van der Waals surface area contributed by atoms with Crippen molar-refractivity contribution >= 4 is 39.9 Å². The largest absolute Gasteiger partial charge is 0.444 e. The number of likely N-dealkylation sites (N-methyl/N-ethyl adjacent to an activating group) is 1. The van der Waals surface area contributed by atoms with Crippen LogP contribution < -0.4 is 10.2 Å². The molecule has 0 aliphatic carbocycles. The number of hydrogen-bond acceptors (Lipinski definition) is 6. The molecular weight excluding hydrogens is 520 g/mol. The molecule has 1 atom stereocenters. The van der Waals surface area contributed by atoms with Crippen LogP contribution in [0, 0.1) is 18.6 Å². The van der Waals surface area contributed by atoms with Gasteiger partial charge in [0.25, 0.3) is 5.91 Å². The van der Waals surface area contributed by atoms with Gasteiger partial charge in [-0.3, -0.25) is 9.48 Å². The quantitative estimate of drug-likeness (QED) is 0.374. The Bertz CT molecular complexity index is 1620. The van der Waals surface area contributed by atoms with Crippen LogP contribution in [0.1, 0.15) is 50.2 Å². The first-order chi connectivity index (χ1) is 18.8. The van der Waals surface area contributed by atoms with Crippen LogP contribution in [0.15, 0.2) is 30.7 Å². The second kappa shape index (κ2) is 10.1. The Morgan fingerprint density at radius 2 is 1.93 bits per heavy atom. The minimum Gasteiger partial charge on any atom is -0.444 e. The number of anilines is 2. The normalized spacial score (nSPS) is 15.7. The predicted molar refractivity (Wildman–Crippen MR) is 148 cm³/mol. The molecule has 0 spiro atoms. The number of hydrogen-bond donors (Lipinski definition) is 1. The van der Waals surface area contributed by atoms with Crippen LogP contribution in [0.2, 0.25) is 0 Å². The second-order valence-electron chi connectivity index (χ2n) is 11.1. The lowest BCUT2D eigenvalue weighted by molar-refractivity contribution is 0.0237. The van der Waals surface area contributed by atoms with E-state index in [2.05, 4.69) is 15.4 Å². The summed E-state index contributed by atoms with van der Waals surface area (Å²) in [5, 5.41) is 7.72. The fraction of sp³-hybridized carbons (Fsp3) is 0.429. The lowest BCUT2D eigenvalue weighted by atomic mass is 10.1. The molecule has 1 N–H and O–H groups in total. The number of pyridine rings is 1. The van der Waals surface area contributed by atoms with E-state index in [0.717, 1.165) is 6.07 Å². The molecule has 10 nitrogen and oxygen atoms in total. The highest BCUT2D eigenvalue weighted by atomic mass is 19.1. The maximum atomic E-state index is 15.7. The summed E-state index contributed by atoms with van der Waals surface area (Å²) in [5.41, 5.74) is 0.873. The molecule has 4 heterocycles. The zero-order valence-corrected chi connectivity index (χ0v) is 23.5. The highest BCUT2D eigenvalue weighted by Gasteiger charge is 2.33. The number of aryl methyl sites for hydroxylation is 2. The number of carbonyl (C=O) groups is 2. The monoisotopic (exact) mass is 553 g/mol. The molecule has 1 aromatic carbocycles. The number of fused-ring (bicyclic) bond motifs is 2. The number of aromatic nitrogens is 4. The van der Waals surface area contributed by atoms with Gasteiger partial charge >= 0.3 is 6.09 Å². The standard InChI is InChI=1S/C28H33F2N7O3/c1-7-37-15-19-22(35-9-8-18(14-35)34(6)27(39)40-28(3,4)5)11-20(29)23(24(19)33-37)26(38)32-17-10-21(30)25-31-16(2)12-36(25)13-17/h10-13,15,18H,7-9,14H2,1-6H3,(H,32,38)/t18-/m0/s1. The van der Waals surface area contributed by atoms with Gasteiger partial charge in [0.15, 0.2) is 11.5 Å². The van der Waals surface area contributed by atoms with Crippen molar-refractivity contribution in [2.24, 2.45) is 0 Å². The van der Waals surface area contributed by atoms with Gasteiger partial charge in [-0.2, -0.15) is 5.10 Å². The van der Waals surface area contributed by atoms with Crippen LogP contribution in [0.4, 0.5) is 25.0 Å². The maximum Gasteiger partial charge on any atom is 0.410 e. The molecule has 4 aromatic rings. The highest BCUT2D eigenvalue weighted by Crippen LogP contribution is 2.34. The van der Waals surface area contributed by atoms with Crippen LogP contribution >= 0.6 is 0 Å². The number of imidazole rings is 1. The molecule has 0 saturated carbocycles.